The van der Waals surface area contributed by atoms with E-state index < -0.39 is 17.0 Å². The predicted octanol–water partition coefficient (Wildman–Crippen LogP) is 3.48. The zero-order chi connectivity index (χ0) is 21.8. The maximum Gasteiger partial charge on any atom is 0.293 e. The molecule has 156 valence electrons. The van der Waals surface area contributed by atoms with Crippen molar-refractivity contribution in [3.63, 3.8) is 0 Å². The molecule has 9 heteroatoms. The van der Waals surface area contributed by atoms with Crippen LogP contribution in [0.4, 0.5) is 9.18 Å². The second-order valence-electron chi connectivity index (χ2n) is 6.60. The third-order valence-electron chi connectivity index (χ3n) is 4.59. The van der Waals surface area contributed by atoms with Crippen molar-refractivity contribution in [1.82, 2.24) is 19.8 Å². The molecular formula is C22H17FN4O3S. The number of nitrogens with one attached hydrogen (secondary N) is 1. The highest BCUT2D eigenvalue weighted by atomic mass is 32.2. The standard InChI is InChI=1S/C22H17FN4O3S/c23-17-9-5-4-6-15(17)12-19-21(29)26(22(30)31-19)11-10-25-20(28)18-13-24-14-27(18)16-7-2-1-3-8-16/h1-9,12-14H,10-11H2,(H,25,28)/b19-12-. The van der Waals surface area contributed by atoms with Crippen LogP contribution in [0.15, 0.2) is 72.0 Å². The minimum absolute atomic E-state index is 0.00446. The van der Waals surface area contributed by atoms with Crippen LogP contribution in [-0.2, 0) is 4.79 Å². The molecule has 0 spiro atoms. The molecule has 2 heterocycles. The number of hydrogen-bond acceptors (Lipinski definition) is 5. The van der Waals surface area contributed by atoms with E-state index in [4.69, 9.17) is 0 Å². The number of amides is 3. The van der Waals surface area contributed by atoms with Crippen LogP contribution >= 0.6 is 11.8 Å². The lowest BCUT2D eigenvalue weighted by atomic mass is 10.2. The summed E-state index contributed by atoms with van der Waals surface area (Å²) < 4.78 is 15.5. The minimum Gasteiger partial charge on any atom is -0.349 e. The van der Waals surface area contributed by atoms with Gasteiger partial charge in [0.1, 0.15) is 11.5 Å². The Morgan fingerprint density at radius 3 is 2.61 bits per heavy atom. The first kappa shape index (κ1) is 20.5. The highest BCUT2D eigenvalue weighted by Crippen LogP contribution is 2.32. The van der Waals surface area contributed by atoms with Crippen molar-refractivity contribution in [2.45, 2.75) is 0 Å². The number of aromatic nitrogens is 2. The van der Waals surface area contributed by atoms with Gasteiger partial charge in [-0.25, -0.2) is 9.37 Å². The molecule has 0 radical (unpaired) electrons. The molecule has 1 N–H and O–H groups in total. The van der Waals surface area contributed by atoms with Gasteiger partial charge >= 0.3 is 0 Å². The van der Waals surface area contributed by atoms with E-state index in [-0.39, 0.29) is 29.5 Å². The van der Waals surface area contributed by atoms with E-state index in [0.717, 1.165) is 22.3 Å². The Labute approximate surface area is 181 Å². The van der Waals surface area contributed by atoms with E-state index in [1.807, 2.05) is 30.3 Å². The molecule has 0 aliphatic carbocycles. The van der Waals surface area contributed by atoms with Gasteiger partial charge < -0.3 is 5.32 Å². The van der Waals surface area contributed by atoms with Crippen LogP contribution in [0.5, 0.6) is 0 Å². The molecule has 1 saturated heterocycles. The Bertz CT molecular complexity index is 1180. The smallest absolute Gasteiger partial charge is 0.293 e. The van der Waals surface area contributed by atoms with Crippen molar-refractivity contribution in [2.24, 2.45) is 0 Å². The molecule has 0 saturated carbocycles. The number of carbonyl (C=O) groups excluding carboxylic acids is 3. The van der Waals surface area contributed by atoms with E-state index in [9.17, 15) is 18.8 Å². The molecule has 1 aliphatic rings. The number of para-hydroxylation sites is 1. The van der Waals surface area contributed by atoms with Gasteiger partial charge in [0.25, 0.3) is 17.1 Å². The molecule has 3 aromatic rings. The monoisotopic (exact) mass is 436 g/mol. The van der Waals surface area contributed by atoms with Crippen LogP contribution in [0.25, 0.3) is 11.8 Å². The maximum atomic E-state index is 13.8. The van der Waals surface area contributed by atoms with E-state index in [1.54, 1.807) is 16.7 Å². The van der Waals surface area contributed by atoms with Gasteiger partial charge in [0.15, 0.2) is 0 Å². The zero-order valence-electron chi connectivity index (χ0n) is 16.2. The number of hydrogen-bond donors (Lipinski definition) is 1. The van der Waals surface area contributed by atoms with Crippen LogP contribution in [-0.4, -0.2) is 44.6 Å². The summed E-state index contributed by atoms with van der Waals surface area (Å²) >= 11 is 0.747. The van der Waals surface area contributed by atoms with Gasteiger partial charge in [0, 0.05) is 24.3 Å². The Morgan fingerprint density at radius 1 is 1.10 bits per heavy atom. The van der Waals surface area contributed by atoms with E-state index in [1.165, 1.54) is 30.7 Å². The Morgan fingerprint density at radius 2 is 1.84 bits per heavy atom. The van der Waals surface area contributed by atoms with Crippen LogP contribution < -0.4 is 5.32 Å². The minimum atomic E-state index is -0.512. The average molecular weight is 436 g/mol. The van der Waals surface area contributed by atoms with Gasteiger partial charge in [-0.15, -0.1) is 0 Å². The number of carbonyl (C=O) groups is 3. The van der Waals surface area contributed by atoms with Crippen molar-refractivity contribution in [3.8, 4) is 5.69 Å². The molecule has 0 bridgehead atoms. The van der Waals surface area contributed by atoms with Crippen molar-refractivity contribution >= 4 is 34.9 Å². The summed E-state index contributed by atoms with van der Waals surface area (Å²) in [5, 5.41) is 2.24. The molecule has 1 fully saturated rings. The van der Waals surface area contributed by atoms with E-state index >= 15 is 0 Å². The number of nitrogens with zero attached hydrogens (tertiary/aromatic N) is 3. The molecule has 2 aromatic carbocycles. The highest BCUT2D eigenvalue weighted by molar-refractivity contribution is 8.18. The number of imidazole rings is 1. The Balaban J connectivity index is 1.39. The molecule has 0 atom stereocenters. The van der Waals surface area contributed by atoms with E-state index in [0.29, 0.717) is 5.69 Å². The van der Waals surface area contributed by atoms with Gasteiger partial charge in [0.05, 0.1) is 17.4 Å². The lowest BCUT2D eigenvalue weighted by molar-refractivity contribution is -0.122. The number of imide groups is 1. The number of thioether (sulfide) groups is 1. The SMILES string of the molecule is O=C(NCCN1C(=O)S/C(=C\c2ccccc2F)C1=O)c1cncn1-c1ccccc1. The van der Waals surface area contributed by atoms with Crippen LogP contribution in [0.1, 0.15) is 16.1 Å². The third kappa shape index (κ3) is 4.41. The molecule has 4 rings (SSSR count). The third-order valence-corrected chi connectivity index (χ3v) is 5.50. The zero-order valence-corrected chi connectivity index (χ0v) is 17.0. The highest BCUT2D eigenvalue weighted by Gasteiger charge is 2.34. The van der Waals surface area contributed by atoms with Crippen LogP contribution in [0.2, 0.25) is 0 Å². The summed E-state index contributed by atoms with van der Waals surface area (Å²) in [5.74, 6) is -1.37. The van der Waals surface area contributed by atoms with Crippen LogP contribution in [0, 0.1) is 5.82 Å². The van der Waals surface area contributed by atoms with E-state index in [2.05, 4.69) is 10.3 Å². The first-order valence-corrected chi connectivity index (χ1v) is 10.2. The van der Waals surface area contributed by atoms with Gasteiger partial charge in [-0.2, -0.15) is 0 Å². The summed E-state index contributed by atoms with van der Waals surface area (Å²) in [7, 11) is 0. The first-order valence-electron chi connectivity index (χ1n) is 9.40. The molecule has 0 unspecified atom stereocenters. The molecular weight excluding hydrogens is 419 g/mol. The second kappa shape index (κ2) is 8.97. The van der Waals surface area contributed by atoms with Crippen molar-refractivity contribution < 1.29 is 18.8 Å². The fourth-order valence-electron chi connectivity index (χ4n) is 3.06. The molecule has 7 nitrogen and oxygen atoms in total. The van der Waals surface area contributed by atoms with Crippen molar-refractivity contribution in [3.05, 3.63) is 89.1 Å². The van der Waals surface area contributed by atoms with Gasteiger partial charge in [-0.05, 0) is 36.0 Å². The van der Waals surface area contributed by atoms with Crippen molar-refractivity contribution in [1.29, 1.82) is 0 Å². The first-order chi connectivity index (χ1) is 15.0. The summed E-state index contributed by atoms with van der Waals surface area (Å²) in [6, 6.07) is 15.3. The second-order valence-corrected chi connectivity index (χ2v) is 7.59. The molecule has 1 aliphatic heterocycles. The topological polar surface area (TPSA) is 84.3 Å². The summed E-state index contributed by atoms with van der Waals surface area (Å²) in [4.78, 5) is 42.5. The summed E-state index contributed by atoms with van der Waals surface area (Å²) in [6.07, 6.45) is 4.34. The van der Waals surface area contributed by atoms with Gasteiger partial charge in [-0.3, -0.25) is 23.9 Å². The lowest BCUT2D eigenvalue weighted by Gasteiger charge is -2.13. The van der Waals surface area contributed by atoms with Gasteiger partial charge in [0.2, 0.25) is 0 Å². The normalized spacial score (nSPS) is 15.0. The Hall–Kier alpha value is -3.72. The quantitative estimate of drug-likeness (QED) is 0.598. The van der Waals surface area contributed by atoms with Crippen molar-refractivity contribution in [2.75, 3.05) is 13.1 Å². The number of benzene rings is 2. The summed E-state index contributed by atoms with van der Waals surface area (Å²) in [6.45, 7) is 0.0777. The van der Waals surface area contributed by atoms with Crippen LogP contribution in [0.3, 0.4) is 0 Å². The van der Waals surface area contributed by atoms with Gasteiger partial charge in [-0.1, -0.05) is 36.4 Å². The largest absolute Gasteiger partial charge is 0.349 e. The summed E-state index contributed by atoms with van der Waals surface area (Å²) in [5.41, 5.74) is 1.35. The Kier molecular flexibility index (Phi) is 5.94. The molecule has 1 aromatic heterocycles. The fraction of sp³-hybridized carbons (Fsp3) is 0.0909. The molecule has 3 amide bonds. The molecule has 31 heavy (non-hydrogen) atoms. The predicted molar refractivity (Wildman–Crippen MR) is 115 cm³/mol. The number of halogens is 1. The lowest BCUT2D eigenvalue weighted by Crippen LogP contribution is -2.37. The average Bonchev–Trinajstić information content (AvgIpc) is 3.37. The fourth-order valence-corrected chi connectivity index (χ4v) is 3.91. The maximum absolute atomic E-state index is 13.8. The number of rotatable bonds is 6.